The molecule has 1 aromatic carbocycles. The lowest BCUT2D eigenvalue weighted by Crippen LogP contribution is -2.49. The fraction of sp³-hybridized carbons (Fsp3) is 0.560. The van der Waals surface area contributed by atoms with Gasteiger partial charge in [0.25, 0.3) is 0 Å². The Morgan fingerprint density at radius 1 is 1.15 bits per heavy atom. The van der Waals surface area contributed by atoms with Crippen LogP contribution in [-0.4, -0.2) is 79.0 Å². The average molecular weight is 455 g/mol. The van der Waals surface area contributed by atoms with Crippen molar-refractivity contribution in [2.45, 2.75) is 39.2 Å². The van der Waals surface area contributed by atoms with E-state index in [0.717, 1.165) is 43.5 Å². The molecule has 1 aromatic rings. The first kappa shape index (κ1) is 23.3. The zero-order valence-electron chi connectivity index (χ0n) is 19.8. The number of rotatable bonds is 6. The van der Waals surface area contributed by atoms with Gasteiger partial charge in [-0.05, 0) is 38.7 Å². The second-order valence-electron chi connectivity index (χ2n) is 9.17. The van der Waals surface area contributed by atoms with Gasteiger partial charge in [0.2, 0.25) is 5.91 Å². The predicted octanol–water partition coefficient (Wildman–Crippen LogP) is 2.45. The summed E-state index contributed by atoms with van der Waals surface area (Å²) in [5, 5.41) is 2.98. The number of hydrogen-bond acceptors (Lipinski definition) is 5. The third-order valence-electron chi connectivity index (χ3n) is 6.65. The normalized spacial score (nSPS) is 22.2. The zero-order valence-corrected chi connectivity index (χ0v) is 19.8. The van der Waals surface area contributed by atoms with Gasteiger partial charge in [0.1, 0.15) is 0 Å². The monoisotopic (exact) mass is 454 g/mol. The van der Waals surface area contributed by atoms with E-state index in [0.29, 0.717) is 30.9 Å². The van der Waals surface area contributed by atoms with E-state index in [1.54, 1.807) is 14.0 Å². The molecule has 0 spiro atoms. The van der Waals surface area contributed by atoms with Crippen molar-refractivity contribution in [2.75, 3.05) is 46.4 Å². The minimum atomic E-state index is -0.567. The molecule has 0 aromatic heterocycles. The van der Waals surface area contributed by atoms with Crippen LogP contribution in [0.25, 0.3) is 0 Å². The van der Waals surface area contributed by atoms with E-state index in [4.69, 9.17) is 4.74 Å². The molecule has 2 heterocycles. The molecular formula is C25H34N4O4. The summed E-state index contributed by atoms with van der Waals surface area (Å²) in [5.74, 6) is 0.0844. The van der Waals surface area contributed by atoms with E-state index in [-0.39, 0.29) is 24.5 Å². The molecule has 0 radical (unpaired) electrons. The average Bonchev–Trinajstić information content (AvgIpc) is 3.64. The van der Waals surface area contributed by atoms with Crippen LogP contribution in [-0.2, 0) is 14.3 Å². The van der Waals surface area contributed by atoms with Gasteiger partial charge in [0.15, 0.2) is 0 Å². The van der Waals surface area contributed by atoms with E-state index in [9.17, 15) is 14.4 Å². The van der Waals surface area contributed by atoms with Gasteiger partial charge in [-0.3, -0.25) is 14.6 Å². The Morgan fingerprint density at radius 3 is 2.64 bits per heavy atom. The summed E-state index contributed by atoms with van der Waals surface area (Å²) in [5.41, 5.74) is 3.04. The fourth-order valence-electron chi connectivity index (χ4n) is 4.65. The topological polar surface area (TPSA) is 82.2 Å². The van der Waals surface area contributed by atoms with Gasteiger partial charge in [-0.15, -0.1) is 0 Å². The van der Waals surface area contributed by atoms with Crippen molar-refractivity contribution in [1.29, 1.82) is 0 Å². The van der Waals surface area contributed by atoms with Crippen molar-refractivity contribution in [1.82, 2.24) is 20.0 Å². The number of esters is 1. The van der Waals surface area contributed by atoms with Crippen molar-refractivity contribution in [2.24, 2.45) is 5.92 Å². The lowest BCUT2D eigenvalue weighted by Gasteiger charge is -2.36. The lowest BCUT2D eigenvalue weighted by atomic mass is 9.93. The summed E-state index contributed by atoms with van der Waals surface area (Å²) >= 11 is 0. The van der Waals surface area contributed by atoms with Gasteiger partial charge in [0.05, 0.1) is 18.2 Å². The second-order valence-corrected chi connectivity index (χ2v) is 9.17. The smallest absolute Gasteiger partial charge is 0.338 e. The Morgan fingerprint density at radius 2 is 1.94 bits per heavy atom. The molecule has 3 amide bonds. The van der Waals surface area contributed by atoms with Crippen LogP contribution in [0.2, 0.25) is 0 Å². The highest BCUT2D eigenvalue weighted by molar-refractivity contribution is 5.95. The molecule has 8 nitrogen and oxygen atoms in total. The number of hydrogen-bond donors (Lipinski definition) is 1. The number of amides is 3. The second kappa shape index (κ2) is 9.95. The van der Waals surface area contributed by atoms with Crippen LogP contribution in [0.1, 0.15) is 43.4 Å². The van der Waals surface area contributed by atoms with Gasteiger partial charge in [0, 0.05) is 51.4 Å². The number of carbonyl (C=O) groups excluding carboxylic acids is 3. The van der Waals surface area contributed by atoms with Crippen LogP contribution in [0.4, 0.5) is 4.79 Å². The summed E-state index contributed by atoms with van der Waals surface area (Å²) in [6.45, 7) is 7.43. The van der Waals surface area contributed by atoms with Crippen LogP contribution in [0.15, 0.2) is 35.5 Å². The molecule has 1 N–H and O–H groups in total. The highest BCUT2D eigenvalue weighted by Gasteiger charge is 2.38. The number of benzene rings is 1. The van der Waals surface area contributed by atoms with Crippen molar-refractivity contribution in [3.8, 4) is 0 Å². The van der Waals surface area contributed by atoms with E-state index in [2.05, 4.69) is 10.2 Å². The Bertz CT molecular complexity index is 955. The van der Waals surface area contributed by atoms with Crippen LogP contribution in [0, 0.1) is 12.8 Å². The Kier molecular flexibility index (Phi) is 7.02. The van der Waals surface area contributed by atoms with E-state index in [1.165, 1.54) is 4.90 Å². The lowest BCUT2D eigenvalue weighted by molar-refractivity contribution is -0.139. The standard InChI is InChI=1S/C25H34N4O4/c1-4-33-24(31)21-20(16-28-11-6-12-29(14-13-28)23(30)18-9-10-18)27(3)25(32)26-22(21)19-8-5-7-17(2)15-19/h5,7-8,15,18,22H,4,6,9-14,16H2,1-3H3,(H,26,32). The molecule has 33 heavy (non-hydrogen) atoms. The third kappa shape index (κ3) is 5.21. The molecule has 2 aliphatic heterocycles. The van der Waals surface area contributed by atoms with Crippen molar-refractivity contribution >= 4 is 17.9 Å². The highest BCUT2D eigenvalue weighted by atomic mass is 16.5. The maximum Gasteiger partial charge on any atom is 0.338 e. The number of urea groups is 1. The van der Waals surface area contributed by atoms with Crippen LogP contribution in [0.3, 0.4) is 0 Å². The molecule has 4 rings (SSSR count). The van der Waals surface area contributed by atoms with E-state index in [1.807, 2.05) is 36.1 Å². The van der Waals surface area contributed by atoms with E-state index < -0.39 is 12.0 Å². The molecule has 2 fully saturated rings. The first-order chi connectivity index (χ1) is 15.9. The molecule has 1 unspecified atom stereocenters. The highest BCUT2D eigenvalue weighted by Crippen LogP contribution is 2.33. The molecule has 1 saturated carbocycles. The molecule has 0 bridgehead atoms. The largest absolute Gasteiger partial charge is 0.463 e. The predicted molar refractivity (Wildman–Crippen MR) is 124 cm³/mol. The maximum atomic E-state index is 13.1. The molecule has 1 atom stereocenters. The summed E-state index contributed by atoms with van der Waals surface area (Å²) in [4.78, 5) is 44.3. The maximum absolute atomic E-state index is 13.1. The van der Waals surface area contributed by atoms with Crippen molar-refractivity contribution in [3.05, 3.63) is 46.7 Å². The fourth-order valence-corrected chi connectivity index (χ4v) is 4.65. The van der Waals surface area contributed by atoms with Crippen LogP contribution >= 0.6 is 0 Å². The van der Waals surface area contributed by atoms with Gasteiger partial charge >= 0.3 is 12.0 Å². The summed E-state index contributed by atoms with van der Waals surface area (Å²) in [6.07, 6.45) is 2.89. The minimum absolute atomic E-state index is 0.220. The van der Waals surface area contributed by atoms with Gasteiger partial charge in [-0.1, -0.05) is 29.8 Å². The molecule has 1 saturated heterocycles. The number of nitrogens with zero attached hydrogens (tertiary/aromatic N) is 3. The van der Waals surface area contributed by atoms with Crippen LogP contribution in [0.5, 0.6) is 0 Å². The Labute approximate surface area is 195 Å². The summed E-state index contributed by atoms with van der Waals surface area (Å²) in [7, 11) is 1.69. The number of nitrogens with one attached hydrogen (secondary N) is 1. The Hall–Kier alpha value is -2.87. The SMILES string of the molecule is CCOC(=O)C1=C(CN2CCCN(C(=O)C3CC3)CC2)N(C)C(=O)NC1c1cccc(C)c1. The quantitative estimate of drug-likeness (QED) is 0.668. The van der Waals surface area contributed by atoms with Crippen LogP contribution < -0.4 is 5.32 Å². The third-order valence-corrected chi connectivity index (χ3v) is 6.65. The van der Waals surface area contributed by atoms with Crippen molar-refractivity contribution in [3.63, 3.8) is 0 Å². The number of ether oxygens (including phenoxy) is 1. The van der Waals surface area contributed by atoms with Gasteiger partial charge in [-0.2, -0.15) is 0 Å². The van der Waals surface area contributed by atoms with E-state index >= 15 is 0 Å². The first-order valence-corrected chi connectivity index (χ1v) is 11.9. The van der Waals surface area contributed by atoms with Crippen molar-refractivity contribution < 1.29 is 19.1 Å². The molecule has 178 valence electrons. The molecule has 3 aliphatic rings. The number of carbonyl (C=O) groups is 3. The number of likely N-dealkylation sites (N-methyl/N-ethyl adjacent to an activating group) is 1. The molecule has 8 heteroatoms. The van der Waals surface area contributed by atoms with Gasteiger partial charge in [-0.25, -0.2) is 9.59 Å². The molecule has 1 aliphatic carbocycles. The van der Waals surface area contributed by atoms with Gasteiger partial charge < -0.3 is 15.0 Å². The number of aryl methyl sites for hydroxylation is 1. The first-order valence-electron chi connectivity index (χ1n) is 11.9. The Balaban J connectivity index is 1.62. The minimum Gasteiger partial charge on any atom is -0.463 e. The summed E-state index contributed by atoms with van der Waals surface area (Å²) in [6, 6.07) is 7.01. The summed E-state index contributed by atoms with van der Waals surface area (Å²) < 4.78 is 5.43. The molecular weight excluding hydrogens is 420 g/mol. The zero-order chi connectivity index (χ0) is 23.5.